The zero-order valence-corrected chi connectivity index (χ0v) is 6.56. The summed E-state index contributed by atoms with van der Waals surface area (Å²) in [6.07, 6.45) is 3.02. The summed E-state index contributed by atoms with van der Waals surface area (Å²) in [5.74, 6) is 0. The van der Waals surface area contributed by atoms with E-state index >= 15 is 0 Å². The molecule has 1 aromatic rings. The topological polar surface area (TPSA) is 31.4 Å². The monoisotopic (exact) mass is 161 g/mol. The van der Waals surface area contributed by atoms with Gasteiger partial charge in [0, 0.05) is 18.0 Å². The van der Waals surface area contributed by atoms with Crippen molar-refractivity contribution >= 4 is 13.3 Å². The highest BCUT2D eigenvalue weighted by molar-refractivity contribution is 6.32. The third-order valence-corrected chi connectivity index (χ3v) is 1.67. The van der Waals surface area contributed by atoms with Crippen LogP contribution in [-0.4, -0.2) is 26.0 Å². The molecular weight excluding hydrogens is 153 g/mol. The summed E-state index contributed by atoms with van der Waals surface area (Å²) in [6.45, 7) is 1.28. The van der Waals surface area contributed by atoms with E-state index in [2.05, 4.69) is 4.98 Å². The second-order valence-electron chi connectivity index (χ2n) is 2.63. The third kappa shape index (κ3) is 1.49. The van der Waals surface area contributed by atoms with Crippen LogP contribution in [0.4, 0.5) is 0 Å². The van der Waals surface area contributed by atoms with E-state index in [1.54, 1.807) is 12.4 Å². The van der Waals surface area contributed by atoms with E-state index in [-0.39, 0.29) is 6.29 Å². The van der Waals surface area contributed by atoms with E-state index in [1.807, 2.05) is 6.07 Å². The van der Waals surface area contributed by atoms with Crippen LogP contribution in [0.25, 0.3) is 0 Å². The molecule has 0 atom stereocenters. The first-order valence-electron chi connectivity index (χ1n) is 3.80. The lowest BCUT2D eigenvalue weighted by atomic mass is 9.97. The average molecular weight is 161 g/mol. The standard InChI is InChI=1S/C8H8BNO2/c9-7-3-6(4-10-5-7)8-11-1-2-12-8/h3-5,8H,1-2H2. The van der Waals surface area contributed by atoms with E-state index in [4.69, 9.17) is 17.3 Å². The van der Waals surface area contributed by atoms with E-state index in [1.165, 1.54) is 0 Å². The maximum atomic E-state index is 5.55. The van der Waals surface area contributed by atoms with Crippen LogP contribution in [0.2, 0.25) is 0 Å². The molecule has 1 aromatic heterocycles. The fraction of sp³-hybridized carbons (Fsp3) is 0.375. The Kier molecular flexibility index (Phi) is 2.10. The first-order chi connectivity index (χ1) is 5.86. The summed E-state index contributed by atoms with van der Waals surface area (Å²) in [5, 5.41) is 0. The Morgan fingerprint density at radius 1 is 1.33 bits per heavy atom. The maximum absolute atomic E-state index is 5.55. The molecule has 0 saturated carbocycles. The number of aromatic nitrogens is 1. The minimum Gasteiger partial charge on any atom is -0.346 e. The van der Waals surface area contributed by atoms with Crippen LogP contribution in [0, 0.1) is 0 Å². The first kappa shape index (κ1) is 7.77. The highest BCUT2D eigenvalue weighted by Crippen LogP contribution is 2.20. The van der Waals surface area contributed by atoms with E-state index < -0.39 is 0 Å². The number of rotatable bonds is 1. The van der Waals surface area contributed by atoms with Crippen LogP contribution in [0.15, 0.2) is 18.5 Å². The Hall–Kier alpha value is -0.865. The molecule has 12 heavy (non-hydrogen) atoms. The highest BCUT2D eigenvalue weighted by Gasteiger charge is 2.17. The van der Waals surface area contributed by atoms with Gasteiger partial charge in [0.25, 0.3) is 0 Å². The van der Waals surface area contributed by atoms with Gasteiger partial charge in [0.2, 0.25) is 0 Å². The van der Waals surface area contributed by atoms with Gasteiger partial charge in [-0.2, -0.15) is 0 Å². The molecule has 2 rings (SSSR count). The Labute approximate surface area is 72.1 Å². The summed E-state index contributed by atoms with van der Waals surface area (Å²) in [5.41, 5.74) is 1.51. The second kappa shape index (κ2) is 3.25. The molecule has 0 N–H and O–H groups in total. The van der Waals surface area contributed by atoms with Crippen LogP contribution >= 0.6 is 0 Å². The van der Waals surface area contributed by atoms with Gasteiger partial charge < -0.3 is 9.47 Å². The number of nitrogens with zero attached hydrogens (tertiary/aromatic N) is 1. The SMILES string of the molecule is [B]c1cncc(C2OCCO2)c1. The molecule has 0 unspecified atom stereocenters. The molecule has 0 aliphatic carbocycles. The Morgan fingerprint density at radius 2 is 2.08 bits per heavy atom. The van der Waals surface area contributed by atoms with Gasteiger partial charge in [-0.05, 0) is 0 Å². The fourth-order valence-corrected chi connectivity index (χ4v) is 1.16. The van der Waals surface area contributed by atoms with Crippen LogP contribution < -0.4 is 5.46 Å². The molecule has 60 valence electrons. The third-order valence-electron chi connectivity index (χ3n) is 1.67. The maximum Gasteiger partial charge on any atom is 0.185 e. The normalized spacial score (nSPS) is 18.3. The van der Waals surface area contributed by atoms with Crippen molar-refractivity contribution in [3.63, 3.8) is 0 Å². The predicted octanol–water partition coefficient (Wildman–Crippen LogP) is -0.0792. The van der Waals surface area contributed by atoms with Crippen molar-refractivity contribution in [1.82, 2.24) is 4.98 Å². The average Bonchev–Trinajstić information content (AvgIpc) is 2.56. The van der Waals surface area contributed by atoms with Gasteiger partial charge in [0.05, 0.1) is 13.2 Å². The Bertz CT molecular complexity index is 274. The molecule has 1 fully saturated rings. The first-order valence-corrected chi connectivity index (χ1v) is 3.80. The second-order valence-corrected chi connectivity index (χ2v) is 2.63. The largest absolute Gasteiger partial charge is 0.346 e. The van der Waals surface area contributed by atoms with Gasteiger partial charge in [0.15, 0.2) is 6.29 Å². The number of hydrogen-bond donors (Lipinski definition) is 0. The molecular formula is C8H8BNO2. The van der Waals surface area contributed by atoms with Crippen LogP contribution in [0.1, 0.15) is 11.9 Å². The minimum atomic E-state index is -0.277. The Morgan fingerprint density at radius 3 is 2.75 bits per heavy atom. The summed E-state index contributed by atoms with van der Waals surface area (Å²) in [6, 6.07) is 1.81. The quantitative estimate of drug-likeness (QED) is 0.539. The summed E-state index contributed by atoms with van der Waals surface area (Å²) >= 11 is 0. The lowest BCUT2D eigenvalue weighted by molar-refractivity contribution is -0.0442. The van der Waals surface area contributed by atoms with E-state index in [0.717, 1.165) is 5.56 Å². The van der Waals surface area contributed by atoms with Crippen molar-refractivity contribution in [2.24, 2.45) is 0 Å². The van der Waals surface area contributed by atoms with Crippen molar-refractivity contribution in [2.75, 3.05) is 13.2 Å². The van der Waals surface area contributed by atoms with Crippen LogP contribution in [0.3, 0.4) is 0 Å². The highest BCUT2D eigenvalue weighted by atomic mass is 16.7. The van der Waals surface area contributed by atoms with Gasteiger partial charge in [0.1, 0.15) is 7.85 Å². The van der Waals surface area contributed by atoms with Crippen LogP contribution in [-0.2, 0) is 9.47 Å². The molecule has 1 saturated heterocycles. The Balaban J connectivity index is 2.21. The molecule has 2 radical (unpaired) electrons. The lowest BCUT2D eigenvalue weighted by Gasteiger charge is -2.08. The van der Waals surface area contributed by atoms with Crippen molar-refractivity contribution in [3.8, 4) is 0 Å². The molecule has 3 nitrogen and oxygen atoms in total. The molecule has 0 spiro atoms. The number of ether oxygens (including phenoxy) is 2. The molecule has 1 aliphatic heterocycles. The van der Waals surface area contributed by atoms with Gasteiger partial charge in [-0.25, -0.2) is 0 Å². The molecule has 0 bridgehead atoms. The molecule has 4 heteroatoms. The van der Waals surface area contributed by atoms with Gasteiger partial charge in [-0.3, -0.25) is 4.98 Å². The zero-order valence-electron chi connectivity index (χ0n) is 6.56. The molecule has 0 amide bonds. The molecule has 1 aliphatic rings. The van der Waals surface area contributed by atoms with Crippen molar-refractivity contribution in [3.05, 3.63) is 24.0 Å². The molecule has 0 aromatic carbocycles. The van der Waals surface area contributed by atoms with E-state index in [9.17, 15) is 0 Å². The molecule has 2 heterocycles. The predicted molar refractivity (Wildman–Crippen MR) is 44.3 cm³/mol. The fourth-order valence-electron chi connectivity index (χ4n) is 1.16. The zero-order chi connectivity index (χ0) is 8.39. The summed E-state index contributed by atoms with van der Waals surface area (Å²) in [7, 11) is 5.55. The van der Waals surface area contributed by atoms with Gasteiger partial charge in [-0.15, -0.1) is 0 Å². The summed E-state index contributed by atoms with van der Waals surface area (Å²) < 4.78 is 10.6. The number of hydrogen-bond acceptors (Lipinski definition) is 3. The van der Waals surface area contributed by atoms with Crippen molar-refractivity contribution in [2.45, 2.75) is 6.29 Å². The lowest BCUT2D eigenvalue weighted by Crippen LogP contribution is -2.07. The number of pyridine rings is 1. The smallest absolute Gasteiger partial charge is 0.185 e. The van der Waals surface area contributed by atoms with Gasteiger partial charge >= 0.3 is 0 Å². The minimum absolute atomic E-state index is 0.277. The van der Waals surface area contributed by atoms with Gasteiger partial charge in [-0.1, -0.05) is 11.5 Å². The van der Waals surface area contributed by atoms with Crippen LogP contribution in [0.5, 0.6) is 0 Å². The summed E-state index contributed by atoms with van der Waals surface area (Å²) in [4.78, 5) is 3.94. The van der Waals surface area contributed by atoms with Crippen molar-refractivity contribution < 1.29 is 9.47 Å². The van der Waals surface area contributed by atoms with E-state index in [0.29, 0.717) is 18.7 Å². The van der Waals surface area contributed by atoms with Crippen molar-refractivity contribution in [1.29, 1.82) is 0 Å².